The van der Waals surface area contributed by atoms with Crippen molar-refractivity contribution in [2.75, 3.05) is 5.73 Å². The second-order valence-electron chi connectivity index (χ2n) is 8.85. The molecule has 2 aromatic heterocycles. The van der Waals surface area contributed by atoms with Gasteiger partial charge < -0.3 is 10.3 Å². The minimum absolute atomic E-state index is 0.0747. The molecule has 37 heavy (non-hydrogen) atoms. The molecule has 182 valence electrons. The fourth-order valence-corrected chi connectivity index (χ4v) is 5.10. The summed E-state index contributed by atoms with van der Waals surface area (Å²) in [5.41, 5.74) is 10.6. The minimum atomic E-state index is -0.529. The van der Waals surface area contributed by atoms with Gasteiger partial charge in [-0.3, -0.25) is 4.79 Å². The summed E-state index contributed by atoms with van der Waals surface area (Å²) < 4.78 is 16.5. The number of benzene rings is 2. The van der Waals surface area contributed by atoms with Crippen molar-refractivity contribution in [3.05, 3.63) is 93.0 Å². The van der Waals surface area contributed by atoms with Crippen LogP contribution in [0.15, 0.2) is 70.3 Å². The van der Waals surface area contributed by atoms with Gasteiger partial charge in [-0.25, -0.2) is 4.99 Å². The predicted molar refractivity (Wildman–Crippen MR) is 137 cm³/mol. The Morgan fingerprint density at radius 2 is 1.92 bits per heavy atom. The monoisotopic (exact) mass is 512 g/mol. The van der Waals surface area contributed by atoms with Crippen molar-refractivity contribution < 1.29 is 4.39 Å². The summed E-state index contributed by atoms with van der Waals surface area (Å²) in [5, 5.41) is 21.2. The standard InChI is InChI=1S/C26H18ClFN8O/c27-16-3-7-22(36-33-24(13-29)32-34-36)19(11-16)15-9-18-6-8-23(35(18)25(37)10-15)21-12-20(26(28)31-21)14-1-4-17(30)5-2-14/h1-5,7,9-11,23H,6,8,12,30H2/t23-/m0/s1. The number of hydrogen-bond donors (Lipinski definition) is 1. The Kier molecular flexibility index (Phi) is 5.43. The molecular weight excluding hydrogens is 495 g/mol. The fourth-order valence-electron chi connectivity index (χ4n) is 4.93. The van der Waals surface area contributed by atoms with Gasteiger partial charge in [-0.15, -0.1) is 9.90 Å². The molecule has 0 saturated heterocycles. The zero-order valence-corrected chi connectivity index (χ0v) is 20.0. The smallest absolute Gasteiger partial charge is 0.274 e. The van der Waals surface area contributed by atoms with Crippen LogP contribution in [-0.2, 0) is 6.42 Å². The molecule has 11 heteroatoms. The molecule has 9 nitrogen and oxygen atoms in total. The number of nitrogens with zero attached hydrogens (tertiary/aromatic N) is 7. The van der Waals surface area contributed by atoms with E-state index in [1.54, 1.807) is 47.0 Å². The first-order chi connectivity index (χ1) is 17.9. The number of allylic oxidation sites excluding steroid dienone is 1. The van der Waals surface area contributed by atoms with E-state index in [9.17, 15) is 9.18 Å². The lowest BCUT2D eigenvalue weighted by Gasteiger charge is -2.16. The van der Waals surface area contributed by atoms with E-state index in [-0.39, 0.29) is 17.4 Å². The van der Waals surface area contributed by atoms with Gasteiger partial charge in [-0.2, -0.15) is 9.65 Å². The lowest BCUT2D eigenvalue weighted by molar-refractivity contribution is 0.624. The number of nitrogen functional groups attached to an aromatic ring is 1. The average molecular weight is 513 g/mol. The number of aryl methyl sites for hydroxylation is 1. The van der Waals surface area contributed by atoms with Crippen LogP contribution < -0.4 is 11.3 Å². The lowest BCUT2D eigenvalue weighted by atomic mass is 9.98. The number of anilines is 1. The van der Waals surface area contributed by atoms with Crippen molar-refractivity contribution in [3.63, 3.8) is 0 Å². The topological polar surface area (TPSA) is 128 Å². The van der Waals surface area contributed by atoms with Crippen molar-refractivity contribution in [1.29, 1.82) is 5.26 Å². The minimum Gasteiger partial charge on any atom is -0.399 e. The predicted octanol–water partition coefficient (Wildman–Crippen LogP) is 4.27. The van der Waals surface area contributed by atoms with Crippen molar-refractivity contribution in [2.45, 2.75) is 25.3 Å². The molecule has 0 fully saturated rings. The Hall–Kier alpha value is -4.62. The number of tetrazole rings is 1. The Bertz CT molecular complexity index is 1730. The molecule has 0 amide bonds. The SMILES string of the molecule is N#Cc1nnn(-c2ccc(Cl)cc2-c2cc3n(c(=O)c2)[C@H](C2=NC(F)=C(c4ccc(N)cc4)C2)CC3)n1. The van der Waals surface area contributed by atoms with Gasteiger partial charge in [0.25, 0.3) is 11.4 Å². The van der Waals surface area contributed by atoms with Gasteiger partial charge in [0, 0.05) is 45.7 Å². The van der Waals surface area contributed by atoms with Crippen LogP contribution in [0, 0.1) is 11.3 Å². The second-order valence-corrected chi connectivity index (χ2v) is 9.28. The third-order valence-electron chi connectivity index (χ3n) is 6.62. The molecule has 2 aliphatic heterocycles. The van der Waals surface area contributed by atoms with E-state index < -0.39 is 5.95 Å². The van der Waals surface area contributed by atoms with E-state index in [4.69, 9.17) is 22.6 Å². The number of rotatable bonds is 4. The molecule has 2 aromatic carbocycles. The molecule has 4 aromatic rings. The van der Waals surface area contributed by atoms with E-state index in [0.717, 1.165) is 11.3 Å². The molecule has 0 spiro atoms. The zero-order chi connectivity index (χ0) is 25.7. The first-order valence-electron chi connectivity index (χ1n) is 11.5. The first kappa shape index (κ1) is 22.8. The van der Waals surface area contributed by atoms with Crippen molar-refractivity contribution in [3.8, 4) is 22.9 Å². The molecule has 0 saturated carbocycles. The number of pyridine rings is 1. The molecule has 0 bridgehead atoms. The highest BCUT2D eigenvalue weighted by atomic mass is 35.5. The number of hydrogen-bond acceptors (Lipinski definition) is 7. The molecule has 4 heterocycles. The third-order valence-corrected chi connectivity index (χ3v) is 6.86. The third kappa shape index (κ3) is 3.99. The first-order valence-corrected chi connectivity index (χ1v) is 11.9. The van der Waals surface area contributed by atoms with Crippen LogP contribution in [0.3, 0.4) is 0 Å². The summed E-state index contributed by atoms with van der Waals surface area (Å²) in [4.78, 5) is 18.8. The van der Waals surface area contributed by atoms with Crippen LogP contribution in [0.1, 0.15) is 36.0 Å². The number of halogens is 2. The number of aromatic nitrogens is 5. The second kappa shape index (κ2) is 8.80. The van der Waals surface area contributed by atoms with Crippen molar-refractivity contribution >= 4 is 28.6 Å². The van der Waals surface area contributed by atoms with Crippen LogP contribution in [0.2, 0.25) is 5.02 Å². The molecular formula is C26H18ClFN8O. The number of fused-ring (bicyclic) bond motifs is 1. The van der Waals surface area contributed by atoms with Gasteiger partial charge in [0.2, 0.25) is 5.95 Å². The van der Waals surface area contributed by atoms with Crippen LogP contribution in [-0.4, -0.2) is 30.5 Å². The Balaban J connectivity index is 1.35. The van der Waals surface area contributed by atoms with E-state index in [0.29, 0.717) is 58.1 Å². The highest BCUT2D eigenvalue weighted by Gasteiger charge is 2.32. The lowest BCUT2D eigenvalue weighted by Crippen LogP contribution is -2.27. The van der Waals surface area contributed by atoms with E-state index >= 15 is 0 Å². The van der Waals surface area contributed by atoms with Crippen LogP contribution in [0.5, 0.6) is 0 Å². The summed E-state index contributed by atoms with van der Waals surface area (Å²) in [7, 11) is 0. The Morgan fingerprint density at radius 1 is 1.11 bits per heavy atom. The molecule has 0 unspecified atom stereocenters. The van der Waals surface area contributed by atoms with Gasteiger partial charge in [-0.05, 0) is 65.6 Å². The van der Waals surface area contributed by atoms with E-state index in [1.165, 1.54) is 10.9 Å². The maximum absolute atomic E-state index is 14.8. The molecule has 0 radical (unpaired) electrons. The summed E-state index contributed by atoms with van der Waals surface area (Å²) >= 11 is 6.28. The summed E-state index contributed by atoms with van der Waals surface area (Å²) in [5.74, 6) is -0.604. The maximum Gasteiger partial charge on any atom is 0.274 e. The fraction of sp³-hybridized carbons (Fsp3) is 0.154. The largest absolute Gasteiger partial charge is 0.399 e. The Morgan fingerprint density at radius 3 is 2.68 bits per heavy atom. The van der Waals surface area contributed by atoms with Crippen LogP contribution in [0.4, 0.5) is 10.1 Å². The van der Waals surface area contributed by atoms with Gasteiger partial charge in [0.05, 0.1) is 11.7 Å². The van der Waals surface area contributed by atoms with Gasteiger partial charge >= 0.3 is 0 Å². The van der Waals surface area contributed by atoms with Gasteiger partial charge in [0.1, 0.15) is 6.07 Å². The van der Waals surface area contributed by atoms with E-state index in [2.05, 4.69) is 20.4 Å². The summed E-state index contributed by atoms with van der Waals surface area (Å²) in [6.45, 7) is 0. The molecule has 0 aliphatic carbocycles. The maximum atomic E-state index is 14.8. The molecule has 2 N–H and O–H groups in total. The Labute approximate surface area is 214 Å². The number of nitriles is 1. The highest BCUT2D eigenvalue weighted by molar-refractivity contribution is 6.31. The summed E-state index contributed by atoms with van der Waals surface area (Å²) in [6.07, 6.45) is 1.59. The van der Waals surface area contributed by atoms with Crippen molar-refractivity contribution in [2.24, 2.45) is 4.99 Å². The number of aliphatic imine (C=N–C) groups is 1. The molecule has 1 atom stereocenters. The quantitative estimate of drug-likeness (QED) is 0.321. The van der Waals surface area contributed by atoms with E-state index in [1.807, 2.05) is 12.1 Å². The van der Waals surface area contributed by atoms with Crippen molar-refractivity contribution in [1.82, 2.24) is 24.8 Å². The average Bonchev–Trinajstić information content (AvgIpc) is 3.63. The number of nitrogens with two attached hydrogens (primary N) is 1. The summed E-state index contributed by atoms with van der Waals surface area (Å²) in [6, 6.07) is 17.0. The zero-order valence-electron chi connectivity index (χ0n) is 19.3. The normalized spacial score (nSPS) is 16.6. The van der Waals surface area contributed by atoms with Gasteiger partial charge in [-0.1, -0.05) is 28.8 Å². The highest BCUT2D eigenvalue weighted by Crippen LogP contribution is 2.38. The van der Waals surface area contributed by atoms with Crippen LogP contribution >= 0.6 is 11.6 Å². The van der Waals surface area contributed by atoms with Gasteiger partial charge in [0.15, 0.2) is 0 Å². The van der Waals surface area contributed by atoms with Crippen LogP contribution in [0.25, 0.3) is 22.4 Å². The molecule has 2 aliphatic rings. The molecule has 6 rings (SSSR count).